The molecule has 1 amide bonds. The van der Waals surface area contributed by atoms with E-state index >= 15 is 0 Å². The maximum Gasteiger partial charge on any atom is 0.223 e. The van der Waals surface area contributed by atoms with Crippen LogP contribution in [0.15, 0.2) is 51.6 Å². The smallest absolute Gasteiger partial charge is 0.223 e. The molecule has 7 heteroatoms. The van der Waals surface area contributed by atoms with Crippen molar-refractivity contribution in [2.24, 2.45) is 0 Å². The van der Waals surface area contributed by atoms with Gasteiger partial charge in [0.2, 0.25) is 5.91 Å². The van der Waals surface area contributed by atoms with Crippen LogP contribution in [0, 0.1) is 12.7 Å². The quantitative estimate of drug-likeness (QED) is 0.590. The maximum atomic E-state index is 13.4. The Hall–Kier alpha value is -1.89. The highest BCUT2D eigenvalue weighted by Crippen LogP contribution is 2.43. The molecule has 1 heterocycles. The minimum absolute atomic E-state index is 0.197. The van der Waals surface area contributed by atoms with Gasteiger partial charge in [0.1, 0.15) is 5.82 Å². The van der Waals surface area contributed by atoms with E-state index in [2.05, 4.69) is 10.3 Å². The second-order valence-electron chi connectivity index (χ2n) is 5.38. The first-order valence-electron chi connectivity index (χ1n) is 7.41. The van der Waals surface area contributed by atoms with Crippen molar-refractivity contribution in [3.63, 3.8) is 0 Å². The van der Waals surface area contributed by atoms with E-state index in [1.807, 2.05) is 31.2 Å². The highest BCUT2D eigenvalue weighted by molar-refractivity contribution is 8.01. The molecular formula is C18H14ClFN2OS2. The Morgan fingerprint density at radius 1 is 1.24 bits per heavy atom. The predicted octanol–water partition coefficient (Wildman–Crippen LogP) is 6.02. The SMILES string of the molecule is CC(=O)Nc1nc(-c2ccc(F)cc2Cl)c(Sc2ccc(C)cc2)s1. The first-order valence-corrected chi connectivity index (χ1v) is 9.42. The van der Waals surface area contributed by atoms with E-state index in [9.17, 15) is 9.18 Å². The molecule has 0 fully saturated rings. The summed E-state index contributed by atoms with van der Waals surface area (Å²) in [4.78, 5) is 16.9. The van der Waals surface area contributed by atoms with Gasteiger partial charge in [0.05, 0.1) is 14.9 Å². The first kappa shape index (κ1) is 17.9. The van der Waals surface area contributed by atoms with Gasteiger partial charge in [-0.25, -0.2) is 9.37 Å². The average molecular weight is 393 g/mol. The molecule has 3 rings (SSSR count). The summed E-state index contributed by atoms with van der Waals surface area (Å²) >= 11 is 9.10. The fourth-order valence-corrected chi connectivity index (χ4v) is 4.59. The number of hydrogen-bond acceptors (Lipinski definition) is 4. The van der Waals surface area contributed by atoms with E-state index in [0.29, 0.717) is 16.4 Å². The third kappa shape index (κ3) is 4.39. The second kappa shape index (κ2) is 7.56. The summed E-state index contributed by atoms with van der Waals surface area (Å²) in [7, 11) is 0. The van der Waals surface area contributed by atoms with Crippen LogP contribution in [0.1, 0.15) is 12.5 Å². The van der Waals surface area contributed by atoms with Crippen molar-refractivity contribution in [2.75, 3.05) is 5.32 Å². The van der Waals surface area contributed by atoms with E-state index in [-0.39, 0.29) is 10.9 Å². The molecule has 0 saturated heterocycles. The van der Waals surface area contributed by atoms with Gasteiger partial charge < -0.3 is 5.32 Å². The number of rotatable bonds is 4. The molecule has 0 bridgehead atoms. The molecule has 3 nitrogen and oxygen atoms in total. The average Bonchev–Trinajstić information content (AvgIpc) is 2.91. The van der Waals surface area contributed by atoms with Crippen LogP contribution in [-0.4, -0.2) is 10.9 Å². The summed E-state index contributed by atoms with van der Waals surface area (Å²) in [6.07, 6.45) is 0. The molecular weight excluding hydrogens is 379 g/mol. The van der Waals surface area contributed by atoms with Gasteiger partial charge in [-0.1, -0.05) is 52.4 Å². The number of hydrogen-bond donors (Lipinski definition) is 1. The van der Waals surface area contributed by atoms with Crippen LogP contribution in [0.4, 0.5) is 9.52 Å². The number of halogens is 2. The number of carbonyl (C=O) groups excluding carboxylic acids is 1. The number of amides is 1. The lowest BCUT2D eigenvalue weighted by Gasteiger charge is -2.05. The summed E-state index contributed by atoms with van der Waals surface area (Å²) < 4.78 is 14.2. The third-order valence-electron chi connectivity index (χ3n) is 3.30. The third-order valence-corrected chi connectivity index (χ3v) is 5.76. The normalized spacial score (nSPS) is 10.7. The molecule has 0 atom stereocenters. The summed E-state index contributed by atoms with van der Waals surface area (Å²) in [5, 5.41) is 3.47. The van der Waals surface area contributed by atoms with Crippen molar-refractivity contribution in [2.45, 2.75) is 23.0 Å². The zero-order valence-corrected chi connectivity index (χ0v) is 15.9. The number of nitrogens with zero attached hydrogens (tertiary/aromatic N) is 1. The van der Waals surface area contributed by atoms with Crippen molar-refractivity contribution in [1.29, 1.82) is 0 Å². The molecule has 0 spiro atoms. The zero-order chi connectivity index (χ0) is 18.0. The summed E-state index contributed by atoms with van der Waals surface area (Å²) in [6, 6.07) is 12.3. The van der Waals surface area contributed by atoms with E-state index in [4.69, 9.17) is 11.6 Å². The number of benzene rings is 2. The number of nitrogens with one attached hydrogen (secondary N) is 1. The van der Waals surface area contributed by atoms with Gasteiger partial charge in [-0.2, -0.15) is 0 Å². The van der Waals surface area contributed by atoms with E-state index < -0.39 is 5.82 Å². The lowest BCUT2D eigenvalue weighted by atomic mass is 10.2. The molecule has 3 aromatic rings. The van der Waals surface area contributed by atoms with Crippen molar-refractivity contribution >= 4 is 45.7 Å². The van der Waals surface area contributed by atoms with E-state index in [1.54, 1.807) is 6.07 Å². The molecule has 0 radical (unpaired) electrons. The second-order valence-corrected chi connectivity index (χ2v) is 8.12. The van der Waals surface area contributed by atoms with Gasteiger partial charge in [0.15, 0.2) is 5.13 Å². The highest BCUT2D eigenvalue weighted by atomic mass is 35.5. The molecule has 1 N–H and O–H groups in total. The molecule has 25 heavy (non-hydrogen) atoms. The Bertz CT molecular complexity index is 925. The maximum absolute atomic E-state index is 13.4. The Kier molecular flexibility index (Phi) is 5.42. The number of thiazole rings is 1. The summed E-state index contributed by atoms with van der Waals surface area (Å²) in [6.45, 7) is 3.46. The number of anilines is 1. The Labute approximate surface area is 158 Å². The molecule has 0 unspecified atom stereocenters. The van der Waals surface area contributed by atoms with Gasteiger partial charge in [0, 0.05) is 17.4 Å². The van der Waals surface area contributed by atoms with Gasteiger partial charge >= 0.3 is 0 Å². The zero-order valence-electron chi connectivity index (χ0n) is 13.5. The van der Waals surface area contributed by atoms with Gasteiger partial charge in [-0.05, 0) is 37.3 Å². The molecule has 128 valence electrons. The molecule has 0 aliphatic rings. The Morgan fingerprint density at radius 2 is 1.96 bits per heavy atom. The fourth-order valence-electron chi connectivity index (χ4n) is 2.14. The van der Waals surface area contributed by atoms with Crippen LogP contribution in [-0.2, 0) is 4.79 Å². The van der Waals surface area contributed by atoms with Gasteiger partial charge in [0.25, 0.3) is 0 Å². The summed E-state index contributed by atoms with van der Waals surface area (Å²) in [5.74, 6) is -0.601. The molecule has 2 aromatic carbocycles. The highest BCUT2D eigenvalue weighted by Gasteiger charge is 2.18. The number of aryl methyl sites for hydroxylation is 1. The van der Waals surface area contributed by atoms with Crippen molar-refractivity contribution in [3.8, 4) is 11.3 Å². The topological polar surface area (TPSA) is 42.0 Å². The standard InChI is InChI=1S/C18H14ClFN2OS2/c1-10-3-6-13(7-4-10)24-17-16(22-18(25-17)21-11(2)23)14-8-5-12(20)9-15(14)19/h3-9H,1-2H3,(H,21,22,23). The number of aromatic nitrogens is 1. The first-order chi connectivity index (χ1) is 11.9. The van der Waals surface area contributed by atoms with Crippen molar-refractivity contribution < 1.29 is 9.18 Å². The van der Waals surface area contributed by atoms with Crippen LogP contribution in [0.25, 0.3) is 11.3 Å². The molecule has 0 aliphatic heterocycles. The van der Waals surface area contributed by atoms with Gasteiger partial charge in [-0.3, -0.25) is 4.79 Å². The van der Waals surface area contributed by atoms with Crippen molar-refractivity contribution in [1.82, 2.24) is 4.98 Å². The monoisotopic (exact) mass is 392 g/mol. The van der Waals surface area contributed by atoms with E-state index in [1.165, 1.54) is 47.7 Å². The van der Waals surface area contributed by atoms with Crippen LogP contribution in [0.3, 0.4) is 0 Å². The number of carbonyl (C=O) groups is 1. The molecule has 0 saturated carbocycles. The Balaban J connectivity index is 2.04. The lowest BCUT2D eigenvalue weighted by molar-refractivity contribution is -0.114. The molecule has 0 aliphatic carbocycles. The lowest BCUT2D eigenvalue weighted by Crippen LogP contribution is -2.04. The van der Waals surface area contributed by atoms with E-state index in [0.717, 1.165) is 9.10 Å². The van der Waals surface area contributed by atoms with Crippen LogP contribution >= 0.6 is 34.7 Å². The minimum atomic E-state index is -0.404. The largest absolute Gasteiger partial charge is 0.302 e. The van der Waals surface area contributed by atoms with Crippen LogP contribution in [0.5, 0.6) is 0 Å². The van der Waals surface area contributed by atoms with Crippen LogP contribution in [0.2, 0.25) is 5.02 Å². The summed E-state index contributed by atoms with van der Waals surface area (Å²) in [5.41, 5.74) is 2.43. The van der Waals surface area contributed by atoms with Crippen molar-refractivity contribution in [3.05, 3.63) is 58.9 Å². The Morgan fingerprint density at radius 3 is 2.60 bits per heavy atom. The fraction of sp³-hybridized carbons (Fsp3) is 0.111. The molecule has 1 aromatic heterocycles. The van der Waals surface area contributed by atoms with Gasteiger partial charge in [-0.15, -0.1) is 0 Å². The predicted molar refractivity (Wildman–Crippen MR) is 102 cm³/mol. The minimum Gasteiger partial charge on any atom is -0.302 e. The van der Waals surface area contributed by atoms with Crippen LogP contribution < -0.4 is 5.32 Å².